The molecule has 1 unspecified atom stereocenters. The van der Waals surface area contributed by atoms with Gasteiger partial charge in [-0.05, 0) is 25.0 Å². The summed E-state index contributed by atoms with van der Waals surface area (Å²) in [7, 11) is 1.61. The number of para-hydroxylation sites is 1. The van der Waals surface area contributed by atoms with Crippen LogP contribution in [0.5, 0.6) is 0 Å². The van der Waals surface area contributed by atoms with Gasteiger partial charge in [-0.25, -0.2) is 0 Å². The van der Waals surface area contributed by atoms with E-state index in [0.717, 1.165) is 16.8 Å². The van der Waals surface area contributed by atoms with Crippen LogP contribution in [0.2, 0.25) is 0 Å². The molecule has 0 aliphatic carbocycles. The Bertz CT molecular complexity index is 578. The van der Waals surface area contributed by atoms with Crippen LogP contribution >= 0.6 is 11.8 Å². The lowest BCUT2D eigenvalue weighted by Gasteiger charge is -2.20. The van der Waals surface area contributed by atoms with Gasteiger partial charge in [-0.15, -0.1) is 0 Å². The van der Waals surface area contributed by atoms with Crippen molar-refractivity contribution < 1.29 is 14.7 Å². The largest absolute Gasteiger partial charge is 0.481 e. The highest BCUT2D eigenvalue weighted by Gasteiger charge is 2.40. The van der Waals surface area contributed by atoms with Crippen molar-refractivity contribution in [3.63, 3.8) is 0 Å². The molecule has 1 saturated heterocycles. The molecule has 2 rings (SSSR count). The average molecular weight is 292 g/mol. The minimum absolute atomic E-state index is 0.191. The van der Waals surface area contributed by atoms with Gasteiger partial charge < -0.3 is 5.11 Å². The van der Waals surface area contributed by atoms with E-state index in [1.807, 2.05) is 32.0 Å². The highest BCUT2D eigenvalue weighted by Crippen LogP contribution is 2.36. The van der Waals surface area contributed by atoms with Crippen LogP contribution < -0.4 is 4.90 Å². The normalized spacial score (nSPS) is 20.8. The number of anilines is 1. The fourth-order valence-corrected chi connectivity index (χ4v) is 3.35. The SMILES string of the molecule is CN=C1SC(CC(=O)O)C(=O)N1c1c(C)cccc1C. The Balaban J connectivity index is 2.45. The van der Waals surface area contributed by atoms with Crippen molar-refractivity contribution in [1.82, 2.24) is 0 Å². The Hall–Kier alpha value is -1.82. The van der Waals surface area contributed by atoms with Gasteiger partial charge in [-0.3, -0.25) is 19.5 Å². The fraction of sp³-hybridized carbons (Fsp3) is 0.357. The van der Waals surface area contributed by atoms with E-state index < -0.39 is 11.2 Å². The Labute approximate surface area is 121 Å². The first-order valence-corrected chi connectivity index (χ1v) is 7.09. The zero-order chi connectivity index (χ0) is 14.9. The molecule has 1 fully saturated rings. The molecule has 0 aromatic heterocycles. The van der Waals surface area contributed by atoms with Crippen molar-refractivity contribution in [2.45, 2.75) is 25.5 Å². The van der Waals surface area contributed by atoms with Gasteiger partial charge in [0, 0.05) is 7.05 Å². The van der Waals surface area contributed by atoms with Crippen molar-refractivity contribution in [3.05, 3.63) is 29.3 Å². The molecule has 106 valence electrons. The third-order valence-electron chi connectivity index (χ3n) is 3.15. The monoisotopic (exact) mass is 292 g/mol. The smallest absolute Gasteiger partial charge is 0.305 e. The summed E-state index contributed by atoms with van der Waals surface area (Å²) in [5, 5.41) is 8.84. The number of aryl methyl sites for hydroxylation is 2. The predicted octanol–water partition coefficient (Wildman–Crippen LogP) is 2.21. The maximum atomic E-state index is 12.5. The molecule has 0 saturated carbocycles. The molecule has 1 aromatic carbocycles. The average Bonchev–Trinajstić information content (AvgIpc) is 2.66. The van der Waals surface area contributed by atoms with Gasteiger partial charge in [0.25, 0.3) is 0 Å². The number of carboxylic acids is 1. The van der Waals surface area contributed by atoms with Crippen molar-refractivity contribution >= 4 is 34.5 Å². The molecule has 1 N–H and O–H groups in total. The summed E-state index contributed by atoms with van der Waals surface area (Å²) in [5.74, 6) is -1.19. The van der Waals surface area contributed by atoms with Crippen LogP contribution in [-0.2, 0) is 9.59 Å². The number of amides is 1. The second kappa shape index (κ2) is 5.66. The molecule has 0 bridgehead atoms. The first kappa shape index (κ1) is 14.6. The number of hydrogen-bond donors (Lipinski definition) is 1. The van der Waals surface area contributed by atoms with Crippen LogP contribution in [0.4, 0.5) is 5.69 Å². The highest BCUT2D eigenvalue weighted by molar-refractivity contribution is 8.16. The quantitative estimate of drug-likeness (QED) is 0.927. The van der Waals surface area contributed by atoms with E-state index >= 15 is 0 Å². The predicted molar refractivity (Wildman–Crippen MR) is 80.4 cm³/mol. The standard InChI is InChI=1S/C14H16N2O3S/c1-8-5-4-6-9(2)12(8)16-13(19)10(7-11(17)18)20-14(16)15-3/h4-6,10H,7H2,1-3H3,(H,17,18). The summed E-state index contributed by atoms with van der Waals surface area (Å²) in [5.41, 5.74) is 2.74. The van der Waals surface area contributed by atoms with E-state index in [-0.39, 0.29) is 12.3 Å². The summed E-state index contributed by atoms with van der Waals surface area (Å²) >= 11 is 1.21. The number of aliphatic carboxylic acids is 1. The Morgan fingerprint density at radius 3 is 2.50 bits per heavy atom. The number of aliphatic imine (C=N–C) groups is 1. The third-order valence-corrected chi connectivity index (χ3v) is 4.38. The number of carboxylic acid groups (broad SMARTS) is 1. The molecule has 1 aliphatic rings. The minimum Gasteiger partial charge on any atom is -0.481 e. The van der Waals surface area contributed by atoms with Crippen LogP contribution in [0.15, 0.2) is 23.2 Å². The van der Waals surface area contributed by atoms with Gasteiger partial charge in [0.05, 0.1) is 12.1 Å². The van der Waals surface area contributed by atoms with E-state index in [1.165, 1.54) is 11.8 Å². The van der Waals surface area contributed by atoms with Crippen LogP contribution in [-0.4, -0.2) is 34.4 Å². The minimum atomic E-state index is -0.977. The molecule has 6 heteroatoms. The van der Waals surface area contributed by atoms with Crippen molar-refractivity contribution in [1.29, 1.82) is 0 Å². The first-order valence-electron chi connectivity index (χ1n) is 6.21. The number of hydrogen-bond acceptors (Lipinski definition) is 4. The van der Waals surface area contributed by atoms with Gasteiger partial charge in [-0.1, -0.05) is 30.0 Å². The maximum Gasteiger partial charge on any atom is 0.305 e. The fourth-order valence-electron chi connectivity index (χ4n) is 2.27. The van der Waals surface area contributed by atoms with Crippen molar-refractivity contribution in [2.75, 3.05) is 11.9 Å². The first-order chi connectivity index (χ1) is 9.45. The van der Waals surface area contributed by atoms with Gasteiger partial charge in [0.1, 0.15) is 5.25 Å². The zero-order valence-electron chi connectivity index (χ0n) is 11.6. The van der Waals surface area contributed by atoms with Crippen LogP contribution in [0.1, 0.15) is 17.5 Å². The van der Waals surface area contributed by atoms with E-state index in [1.54, 1.807) is 11.9 Å². The van der Waals surface area contributed by atoms with E-state index in [2.05, 4.69) is 4.99 Å². The van der Waals surface area contributed by atoms with Gasteiger partial charge >= 0.3 is 5.97 Å². The molecule has 1 aromatic rings. The Morgan fingerprint density at radius 2 is 2.00 bits per heavy atom. The van der Waals surface area contributed by atoms with Gasteiger partial charge in [0.2, 0.25) is 5.91 Å². The second-order valence-electron chi connectivity index (χ2n) is 4.62. The summed E-state index contributed by atoms with van der Waals surface area (Å²) in [4.78, 5) is 29.0. The topological polar surface area (TPSA) is 70.0 Å². The van der Waals surface area contributed by atoms with E-state index in [0.29, 0.717) is 5.17 Å². The van der Waals surface area contributed by atoms with Gasteiger partial charge in [-0.2, -0.15) is 0 Å². The van der Waals surface area contributed by atoms with Gasteiger partial charge in [0.15, 0.2) is 5.17 Å². The zero-order valence-corrected chi connectivity index (χ0v) is 12.4. The molecular formula is C14H16N2O3S. The van der Waals surface area contributed by atoms with Crippen LogP contribution in [0.25, 0.3) is 0 Å². The molecule has 1 heterocycles. The number of nitrogens with zero attached hydrogens (tertiary/aromatic N) is 2. The van der Waals surface area contributed by atoms with Crippen LogP contribution in [0, 0.1) is 13.8 Å². The number of benzene rings is 1. The number of rotatable bonds is 3. The lowest BCUT2D eigenvalue weighted by Crippen LogP contribution is -2.33. The number of thioether (sulfide) groups is 1. The molecule has 0 radical (unpaired) electrons. The Kier molecular flexibility index (Phi) is 4.13. The van der Waals surface area contributed by atoms with Crippen LogP contribution in [0.3, 0.4) is 0 Å². The summed E-state index contributed by atoms with van der Waals surface area (Å²) in [6.07, 6.45) is -0.191. The molecule has 0 spiro atoms. The van der Waals surface area contributed by atoms with E-state index in [4.69, 9.17) is 5.11 Å². The highest BCUT2D eigenvalue weighted by atomic mass is 32.2. The number of carbonyl (C=O) groups excluding carboxylic acids is 1. The van der Waals surface area contributed by atoms with E-state index in [9.17, 15) is 9.59 Å². The molecule has 1 aliphatic heterocycles. The number of amidine groups is 1. The maximum absolute atomic E-state index is 12.5. The molecular weight excluding hydrogens is 276 g/mol. The molecule has 5 nitrogen and oxygen atoms in total. The van der Waals surface area contributed by atoms with Crippen molar-refractivity contribution in [3.8, 4) is 0 Å². The summed E-state index contributed by atoms with van der Waals surface area (Å²) in [6, 6.07) is 5.79. The molecule has 1 amide bonds. The second-order valence-corrected chi connectivity index (χ2v) is 5.79. The lowest BCUT2D eigenvalue weighted by atomic mass is 10.1. The Morgan fingerprint density at radius 1 is 1.40 bits per heavy atom. The summed E-state index contributed by atoms with van der Waals surface area (Å²) in [6.45, 7) is 3.86. The molecule has 1 atom stereocenters. The van der Waals surface area contributed by atoms with Crippen molar-refractivity contribution in [2.24, 2.45) is 4.99 Å². The molecule has 20 heavy (non-hydrogen) atoms. The third kappa shape index (κ3) is 2.56. The lowest BCUT2D eigenvalue weighted by molar-refractivity contribution is -0.138. The summed E-state index contributed by atoms with van der Waals surface area (Å²) < 4.78 is 0. The number of carbonyl (C=O) groups is 2.